The summed E-state index contributed by atoms with van der Waals surface area (Å²) in [6.07, 6.45) is 1.77. The van der Waals surface area contributed by atoms with E-state index in [-0.39, 0.29) is 18.4 Å². The van der Waals surface area contributed by atoms with Crippen molar-refractivity contribution >= 4 is 18.4 Å². The molecule has 0 saturated carbocycles. The van der Waals surface area contributed by atoms with Gasteiger partial charge in [0.15, 0.2) is 0 Å². The highest BCUT2D eigenvalue weighted by atomic mass is 35.5. The summed E-state index contributed by atoms with van der Waals surface area (Å²) in [7, 11) is 0. The number of aliphatic carboxylic acids is 1. The fourth-order valence-electron chi connectivity index (χ4n) is 2.11. The van der Waals surface area contributed by atoms with E-state index in [2.05, 4.69) is 0 Å². The molecule has 4 heteroatoms. The number of carbonyl (C=O) groups is 1. The van der Waals surface area contributed by atoms with Crippen LogP contribution < -0.4 is 0 Å². The third-order valence-electron chi connectivity index (χ3n) is 2.88. The summed E-state index contributed by atoms with van der Waals surface area (Å²) in [5.74, 6) is -0.691. The van der Waals surface area contributed by atoms with Crippen LogP contribution in [0, 0.1) is 0 Å². The van der Waals surface area contributed by atoms with Gasteiger partial charge >= 0.3 is 5.97 Å². The zero-order valence-electron chi connectivity index (χ0n) is 9.00. The second-order valence-corrected chi connectivity index (χ2v) is 3.95. The van der Waals surface area contributed by atoms with Crippen LogP contribution in [0.3, 0.4) is 0 Å². The first kappa shape index (κ1) is 13.0. The number of nitrogens with zero attached hydrogens (tertiary/aromatic N) is 1. The molecule has 1 aliphatic heterocycles. The molecule has 3 nitrogen and oxygen atoms in total. The second-order valence-electron chi connectivity index (χ2n) is 3.95. The molecule has 2 rings (SSSR count). The van der Waals surface area contributed by atoms with Gasteiger partial charge in [0, 0.05) is 6.54 Å². The zero-order valence-corrected chi connectivity index (χ0v) is 9.82. The van der Waals surface area contributed by atoms with Gasteiger partial charge in [0.2, 0.25) is 0 Å². The van der Waals surface area contributed by atoms with E-state index in [1.807, 2.05) is 35.2 Å². The Kier molecular flexibility index (Phi) is 4.77. The minimum Gasteiger partial charge on any atom is -0.480 e. The molecular formula is C12H16ClNO2. The molecule has 0 aliphatic carbocycles. The number of carboxylic acids is 1. The third-order valence-corrected chi connectivity index (χ3v) is 2.88. The Morgan fingerprint density at radius 2 is 2.06 bits per heavy atom. The monoisotopic (exact) mass is 241 g/mol. The van der Waals surface area contributed by atoms with Gasteiger partial charge in [-0.05, 0) is 24.9 Å². The van der Waals surface area contributed by atoms with E-state index in [0.29, 0.717) is 0 Å². The van der Waals surface area contributed by atoms with Crippen molar-refractivity contribution in [3.63, 3.8) is 0 Å². The van der Waals surface area contributed by atoms with Gasteiger partial charge in [0.25, 0.3) is 0 Å². The Morgan fingerprint density at radius 1 is 1.38 bits per heavy atom. The molecule has 0 amide bonds. The maximum atomic E-state index is 11.0. The van der Waals surface area contributed by atoms with E-state index in [1.165, 1.54) is 5.56 Å². The topological polar surface area (TPSA) is 40.5 Å². The lowest BCUT2D eigenvalue weighted by Crippen LogP contribution is -2.35. The van der Waals surface area contributed by atoms with Crippen LogP contribution in [-0.4, -0.2) is 28.6 Å². The molecule has 1 heterocycles. The van der Waals surface area contributed by atoms with Crippen LogP contribution in [0.15, 0.2) is 30.3 Å². The number of carboxylic acid groups (broad SMARTS) is 1. The van der Waals surface area contributed by atoms with Crippen molar-refractivity contribution in [3.8, 4) is 0 Å². The summed E-state index contributed by atoms with van der Waals surface area (Å²) in [5, 5.41) is 9.02. The number of hydrogen-bond donors (Lipinski definition) is 1. The summed E-state index contributed by atoms with van der Waals surface area (Å²) >= 11 is 0. The maximum absolute atomic E-state index is 11.0. The van der Waals surface area contributed by atoms with Crippen LogP contribution in [0.4, 0.5) is 0 Å². The summed E-state index contributed by atoms with van der Waals surface area (Å²) in [6, 6.07) is 9.74. The molecule has 0 spiro atoms. The van der Waals surface area contributed by atoms with Crippen LogP contribution >= 0.6 is 12.4 Å². The Hall–Kier alpha value is -1.06. The van der Waals surface area contributed by atoms with Crippen molar-refractivity contribution in [2.24, 2.45) is 0 Å². The first-order valence-electron chi connectivity index (χ1n) is 5.28. The predicted octanol–water partition coefficient (Wildman–Crippen LogP) is 2.16. The predicted molar refractivity (Wildman–Crippen MR) is 64.8 cm³/mol. The van der Waals surface area contributed by atoms with Crippen molar-refractivity contribution in [1.82, 2.24) is 4.90 Å². The standard InChI is InChI=1S/C12H15NO2.ClH/c14-12(15)11-7-4-8-13(11)9-10-5-2-1-3-6-10;/h1-3,5-6,11H,4,7-9H2,(H,14,15);1H. The fraction of sp³-hybridized carbons (Fsp3) is 0.417. The largest absolute Gasteiger partial charge is 0.480 e. The summed E-state index contributed by atoms with van der Waals surface area (Å²) in [6.45, 7) is 1.64. The van der Waals surface area contributed by atoms with Gasteiger partial charge < -0.3 is 5.11 Å². The number of likely N-dealkylation sites (tertiary alicyclic amines) is 1. The number of benzene rings is 1. The highest BCUT2D eigenvalue weighted by Crippen LogP contribution is 2.19. The third kappa shape index (κ3) is 2.97. The first-order chi connectivity index (χ1) is 7.27. The van der Waals surface area contributed by atoms with Gasteiger partial charge in [0.1, 0.15) is 6.04 Å². The van der Waals surface area contributed by atoms with Gasteiger partial charge in [-0.25, -0.2) is 0 Å². The zero-order chi connectivity index (χ0) is 10.7. The Bertz CT molecular complexity index is 342. The Labute approximate surface area is 101 Å². The van der Waals surface area contributed by atoms with Gasteiger partial charge in [-0.3, -0.25) is 9.69 Å². The first-order valence-corrected chi connectivity index (χ1v) is 5.28. The summed E-state index contributed by atoms with van der Waals surface area (Å²) in [4.78, 5) is 13.0. The average molecular weight is 242 g/mol. The molecule has 16 heavy (non-hydrogen) atoms. The SMILES string of the molecule is Cl.O=C(O)C1CCCN1Cc1ccccc1. The highest BCUT2D eigenvalue weighted by molar-refractivity contribution is 5.85. The van der Waals surface area contributed by atoms with Gasteiger partial charge in [-0.1, -0.05) is 30.3 Å². The van der Waals surface area contributed by atoms with Crippen molar-refractivity contribution < 1.29 is 9.90 Å². The minimum absolute atomic E-state index is 0. The lowest BCUT2D eigenvalue weighted by molar-refractivity contribution is -0.142. The minimum atomic E-state index is -0.691. The molecule has 1 unspecified atom stereocenters. The molecule has 1 fully saturated rings. The smallest absolute Gasteiger partial charge is 0.320 e. The lowest BCUT2D eigenvalue weighted by atomic mass is 10.2. The maximum Gasteiger partial charge on any atom is 0.320 e. The Balaban J connectivity index is 0.00000128. The van der Waals surface area contributed by atoms with Crippen LogP contribution in [0.2, 0.25) is 0 Å². The normalized spacial score (nSPS) is 20.4. The van der Waals surface area contributed by atoms with E-state index in [1.54, 1.807) is 0 Å². The molecule has 0 aromatic heterocycles. The van der Waals surface area contributed by atoms with E-state index < -0.39 is 5.97 Å². The number of hydrogen-bond acceptors (Lipinski definition) is 2. The molecule has 1 aromatic rings. The van der Waals surface area contributed by atoms with Crippen LogP contribution in [-0.2, 0) is 11.3 Å². The quantitative estimate of drug-likeness (QED) is 0.882. The average Bonchev–Trinajstić information content (AvgIpc) is 2.67. The fourth-order valence-corrected chi connectivity index (χ4v) is 2.11. The summed E-state index contributed by atoms with van der Waals surface area (Å²) < 4.78 is 0. The van der Waals surface area contributed by atoms with Crippen molar-refractivity contribution in [2.75, 3.05) is 6.54 Å². The highest BCUT2D eigenvalue weighted by Gasteiger charge is 2.29. The van der Waals surface area contributed by atoms with E-state index in [4.69, 9.17) is 5.11 Å². The molecule has 88 valence electrons. The van der Waals surface area contributed by atoms with Crippen LogP contribution in [0.5, 0.6) is 0 Å². The molecule has 1 atom stereocenters. The molecule has 1 N–H and O–H groups in total. The van der Waals surface area contributed by atoms with E-state index in [0.717, 1.165) is 25.9 Å². The van der Waals surface area contributed by atoms with E-state index in [9.17, 15) is 4.79 Å². The van der Waals surface area contributed by atoms with Crippen molar-refractivity contribution in [3.05, 3.63) is 35.9 Å². The summed E-state index contributed by atoms with van der Waals surface area (Å²) in [5.41, 5.74) is 1.19. The second kappa shape index (κ2) is 5.87. The van der Waals surface area contributed by atoms with Gasteiger partial charge in [0.05, 0.1) is 0 Å². The molecule has 1 aromatic carbocycles. The Morgan fingerprint density at radius 3 is 2.69 bits per heavy atom. The van der Waals surface area contributed by atoms with Crippen molar-refractivity contribution in [1.29, 1.82) is 0 Å². The van der Waals surface area contributed by atoms with Gasteiger partial charge in [-0.15, -0.1) is 12.4 Å². The molecule has 0 radical (unpaired) electrons. The lowest BCUT2D eigenvalue weighted by Gasteiger charge is -2.20. The van der Waals surface area contributed by atoms with Crippen molar-refractivity contribution in [2.45, 2.75) is 25.4 Å². The molecular weight excluding hydrogens is 226 g/mol. The number of halogens is 1. The number of rotatable bonds is 3. The molecule has 0 bridgehead atoms. The van der Waals surface area contributed by atoms with E-state index >= 15 is 0 Å². The molecule has 1 aliphatic rings. The van der Waals surface area contributed by atoms with Gasteiger partial charge in [-0.2, -0.15) is 0 Å². The van der Waals surface area contributed by atoms with Crippen LogP contribution in [0.25, 0.3) is 0 Å². The molecule has 1 saturated heterocycles. The van der Waals surface area contributed by atoms with Crippen LogP contribution in [0.1, 0.15) is 18.4 Å².